The first-order valence-electron chi connectivity index (χ1n) is 8.69. The Morgan fingerprint density at radius 2 is 1.68 bits per heavy atom. The predicted octanol–water partition coefficient (Wildman–Crippen LogP) is 2.65. The standard InChI is InChI=1S/C19H15F3N4O2/c1-2-11-24-16-18(28)25(13-9-7-12(8-10-13)19(20,21)22)23-26(16)15-6-4-3-5-14(15)17(24)27/h3-10H,2,11H2,1H3/p+1. The maximum absolute atomic E-state index is 13.0. The monoisotopic (exact) mass is 389 g/mol. The first-order valence-corrected chi connectivity index (χ1v) is 8.69. The molecule has 0 aliphatic heterocycles. The van der Waals surface area contributed by atoms with Gasteiger partial charge in [-0.05, 0) is 42.8 Å². The Kier molecular flexibility index (Phi) is 4.10. The number of nitrogens with zero attached hydrogens (tertiary/aromatic N) is 3. The molecule has 4 aromatic rings. The molecule has 0 saturated carbocycles. The summed E-state index contributed by atoms with van der Waals surface area (Å²) in [5, 5.41) is 3.33. The molecule has 0 aliphatic rings. The van der Waals surface area contributed by atoms with Crippen molar-refractivity contribution < 1.29 is 17.7 Å². The molecule has 144 valence electrons. The van der Waals surface area contributed by atoms with Gasteiger partial charge in [0.05, 0.1) is 17.5 Å². The highest BCUT2D eigenvalue weighted by atomic mass is 19.4. The highest BCUT2D eigenvalue weighted by molar-refractivity contribution is 5.75. The second-order valence-corrected chi connectivity index (χ2v) is 6.42. The number of aromatic nitrogens is 4. The van der Waals surface area contributed by atoms with Crippen LogP contribution < -0.4 is 15.6 Å². The van der Waals surface area contributed by atoms with Gasteiger partial charge in [0.15, 0.2) is 0 Å². The lowest BCUT2D eigenvalue weighted by Crippen LogP contribution is -2.37. The molecule has 2 aromatic heterocycles. The Morgan fingerprint density at radius 3 is 2.32 bits per heavy atom. The third-order valence-electron chi connectivity index (χ3n) is 4.58. The second-order valence-electron chi connectivity index (χ2n) is 6.42. The van der Waals surface area contributed by atoms with Crippen LogP contribution in [0.1, 0.15) is 18.9 Å². The first kappa shape index (κ1) is 18.0. The van der Waals surface area contributed by atoms with Crippen LogP contribution >= 0.6 is 0 Å². The van der Waals surface area contributed by atoms with E-state index in [1.807, 2.05) is 6.92 Å². The SMILES string of the molecule is CCCn1c(=O)c2ccccc2[n+]2[nH]n(-c3ccc(C(F)(F)F)cc3)c(=O)c12. The van der Waals surface area contributed by atoms with Crippen molar-refractivity contribution in [2.24, 2.45) is 0 Å². The molecular formula is C19H16F3N4O2+. The number of alkyl halides is 3. The number of para-hydroxylation sites is 1. The van der Waals surface area contributed by atoms with Crippen molar-refractivity contribution in [3.63, 3.8) is 0 Å². The van der Waals surface area contributed by atoms with Crippen LogP contribution in [0.5, 0.6) is 0 Å². The number of benzene rings is 2. The van der Waals surface area contributed by atoms with E-state index in [-0.39, 0.29) is 16.9 Å². The summed E-state index contributed by atoms with van der Waals surface area (Å²) in [6.07, 6.45) is -3.82. The molecule has 1 N–H and O–H groups in total. The van der Waals surface area contributed by atoms with Gasteiger partial charge in [-0.3, -0.25) is 4.79 Å². The van der Waals surface area contributed by atoms with Gasteiger partial charge in [0.1, 0.15) is 11.2 Å². The molecule has 0 amide bonds. The average molecular weight is 389 g/mol. The summed E-state index contributed by atoms with van der Waals surface area (Å²) in [4.78, 5) is 25.9. The minimum Gasteiger partial charge on any atom is -0.250 e. The summed E-state index contributed by atoms with van der Waals surface area (Å²) in [6, 6.07) is 11.1. The molecule has 28 heavy (non-hydrogen) atoms. The predicted molar refractivity (Wildman–Crippen MR) is 96.6 cm³/mol. The Morgan fingerprint density at radius 1 is 1.00 bits per heavy atom. The fraction of sp³-hybridized carbons (Fsp3) is 0.211. The van der Waals surface area contributed by atoms with Gasteiger partial charge in [-0.15, -0.1) is 14.4 Å². The van der Waals surface area contributed by atoms with Crippen LogP contribution in [0.25, 0.3) is 22.2 Å². The summed E-state index contributed by atoms with van der Waals surface area (Å²) < 4.78 is 42.4. The third kappa shape index (κ3) is 2.70. The molecule has 0 aliphatic carbocycles. The van der Waals surface area contributed by atoms with E-state index in [0.29, 0.717) is 23.9 Å². The van der Waals surface area contributed by atoms with E-state index in [0.717, 1.165) is 16.8 Å². The van der Waals surface area contributed by atoms with E-state index in [9.17, 15) is 22.8 Å². The van der Waals surface area contributed by atoms with Crippen molar-refractivity contribution in [2.45, 2.75) is 26.1 Å². The number of aromatic amines is 1. The molecule has 0 spiro atoms. The van der Waals surface area contributed by atoms with Gasteiger partial charge in [-0.2, -0.15) is 13.2 Å². The molecule has 0 atom stereocenters. The Balaban J connectivity index is 2.03. The molecular weight excluding hydrogens is 373 g/mol. The van der Waals surface area contributed by atoms with E-state index in [1.54, 1.807) is 24.3 Å². The van der Waals surface area contributed by atoms with Gasteiger partial charge in [0, 0.05) is 0 Å². The molecule has 6 nitrogen and oxygen atoms in total. The second kappa shape index (κ2) is 6.36. The van der Waals surface area contributed by atoms with Crippen LogP contribution in [0.3, 0.4) is 0 Å². The summed E-state index contributed by atoms with van der Waals surface area (Å²) in [5.74, 6) is 0. The number of halogens is 3. The lowest BCUT2D eigenvalue weighted by Gasteiger charge is -2.05. The smallest absolute Gasteiger partial charge is 0.250 e. The zero-order chi connectivity index (χ0) is 20.1. The summed E-state index contributed by atoms with van der Waals surface area (Å²) in [7, 11) is 0. The number of aryl methyl sites for hydroxylation is 1. The number of rotatable bonds is 3. The van der Waals surface area contributed by atoms with Crippen molar-refractivity contribution in [3.05, 3.63) is 74.8 Å². The number of nitrogens with one attached hydrogen (secondary N) is 1. The molecule has 0 fully saturated rings. The van der Waals surface area contributed by atoms with Crippen molar-refractivity contribution in [2.75, 3.05) is 0 Å². The number of fused-ring (bicyclic) bond motifs is 3. The molecule has 0 saturated heterocycles. The van der Waals surface area contributed by atoms with Gasteiger partial charge >= 0.3 is 22.9 Å². The van der Waals surface area contributed by atoms with Gasteiger partial charge in [-0.25, -0.2) is 9.36 Å². The van der Waals surface area contributed by atoms with Gasteiger partial charge < -0.3 is 0 Å². The summed E-state index contributed by atoms with van der Waals surface area (Å²) in [6.45, 7) is 2.23. The number of H-pyrrole nitrogens is 1. The topological polar surface area (TPSA) is 63.9 Å². The van der Waals surface area contributed by atoms with Crippen molar-refractivity contribution >= 4 is 16.6 Å². The normalized spacial score (nSPS) is 12.1. The quantitative estimate of drug-likeness (QED) is 0.548. The van der Waals surface area contributed by atoms with Gasteiger partial charge in [0.25, 0.3) is 0 Å². The van der Waals surface area contributed by atoms with Gasteiger partial charge in [-0.1, -0.05) is 19.1 Å². The van der Waals surface area contributed by atoms with Crippen LogP contribution in [0.2, 0.25) is 0 Å². The van der Waals surface area contributed by atoms with E-state index in [1.165, 1.54) is 21.2 Å². The molecule has 2 heterocycles. The Bertz CT molecular complexity index is 1300. The van der Waals surface area contributed by atoms with E-state index in [2.05, 4.69) is 5.21 Å². The zero-order valence-electron chi connectivity index (χ0n) is 14.8. The minimum absolute atomic E-state index is 0.130. The third-order valence-corrected chi connectivity index (χ3v) is 4.58. The van der Waals surface area contributed by atoms with Crippen LogP contribution in [0, 0.1) is 0 Å². The Hall–Kier alpha value is -3.36. The number of hydrogen-bond acceptors (Lipinski definition) is 2. The lowest BCUT2D eigenvalue weighted by molar-refractivity contribution is -0.559. The van der Waals surface area contributed by atoms with Crippen LogP contribution in [0.15, 0.2) is 58.1 Å². The number of hydrogen-bond donors (Lipinski definition) is 1. The van der Waals surface area contributed by atoms with E-state index >= 15 is 0 Å². The van der Waals surface area contributed by atoms with Crippen molar-refractivity contribution in [3.8, 4) is 5.69 Å². The van der Waals surface area contributed by atoms with E-state index in [4.69, 9.17) is 0 Å². The molecule has 4 rings (SSSR count). The largest absolute Gasteiger partial charge is 0.416 e. The minimum atomic E-state index is -4.46. The highest BCUT2D eigenvalue weighted by Crippen LogP contribution is 2.29. The summed E-state index contributed by atoms with van der Waals surface area (Å²) >= 11 is 0. The molecule has 0 bridgehead atoms. The van der Waals surface area contributed by atoms with Crippen LogP contribution in [-0.4, -0.2) is 14.5 Å². The van der Waals surface area contributed by atoms with E-state index < -0.39 is 17.3 Å². The first-order chi connectivity index (χ1) is 13.3. The lowest BCUT2D eigenvalue weighted by atomic mass is 10.2. The highest BCUT2D eigenvalue weighted by Gasteiger charge is 2.31. The maximum atomic E-state index is 13.0. The van der Waals surface area contributed by atoms with Gasteiger partial charge in [0.2, 0.25) is 0 Å². The molecule has 2 aromatic carbocycles. The fourth-order valence-electron chi connectivity index (χ4n) is 3.29. The maximum Gasteiger partial charge on any atom is 0.416 e. The molecule has 0 radical (unpaired) electrons. The molecule has 0 unspecified atom stereocenters. The fourth-order valence-corrected chi connectivity index (χ4v) is 3.29. The Labute approximate surface area is 156 Å². The zero-order valence-corrected chi connectivity index (χ0v) is 14.8. The average Bonchev–Trinajstić information content (AvgIpc) is 3.02. The van der Waals surface area contributed by atoms with Crippen LogP contribution in [-0.2, 0) is 12.7 Å². The summed E-state index contributed by atoms with van der Waals surface area (Å²) in [5.41, 5.74) is -0.727. The molecule has 9 heteroatoms. The van der Waals surface area contributed by atoms with Crippen molar-refractivity contribution in [1.82, 2.24) is 14.5 Å². The van der Waals surface area contributed by atoms with Crippen LogP contribution in [0.4, 0.5) is 13.2 Å². The van der Waals surface area contributed by atoms with Crippen molar-refractivity contribution in [1.29, 1.82) is 0 Å².